The molecule has 1 aliphatic rings. The molecule has 1 heteroatoms. The molecule has 0 aliphatic heterocycles. The summed E-state index contributed by atoms with van der Waals surface area (Å²) in [4.78, 5) is 2.43. The minimum atomic E-state index is -0.187. The molecule has 0 saturated heterocycles. The van der Waals surface area contributed by atoms with Crippen molar-refractivity contribution in [2.45, 2.75) is 19.3 Å². The molecule has 0 aromatic heterocycles. The van der Waals surface area contributed by atoms with Gasteiger partial charge in [-0.1, -0.05) is 184 Å². The van der Waals surface area contributed by atoms with Gasteiger partial charge in [0.2, 0.25) is 0 Å². The number of fused-ring (bicyclic) bond motifs is 4. The van der Waals surface area contributed by atoms with E-state index in [4.69, 9.17) is 0 Å². The van der Waals surface area contributed by atoms with Gasteiger partial charge in [0, 0.05) is 22.4 Å². The SMILES string of the molecule is CC1(C)c2cc(-c3ccc4ccccc4c3)ccc2-c2ccc(N(c3ccc(-c4ccc(-c5ccccc5)cc4)cc3)c3ccccc3-c3ccccc3)cc21. The number of hydrogen-bond acceptors (Lipinski definition) is 1. The third kappa shape index (κ3) is 5.90. The molecule has 9 aromatic rings. The lowest BCUT2D eigenvalue weighted by Gasteiger charge is -2.30. The minimum absolute atomic E-state index is 0.187. The van der Waals surface area contributed by atoms with Gasteiger partial charge in [-0.25, -0.2) is 0 Å². The van der Waals surface area contributed by atoms with Gasteiger partial charge >= 0.3 is 0 Å². The number of nitrogens with zero attached hydrogens (tertiary/aromatic N) is 1. The minimum Gasteiger partial charge on any atom is -0.310 e. The van der Waals surface area contributed by atoms with E-state index in [1.807, 2.05) is 0 Å². The summed E-state index contributed by atoms with van der Waals surface area (Å²) in [5.41, 5.74) is 18.3. The van der Waals surface area contributed by atoms with E-state index < -0.39 is 0 Å². The van der Waals surface area contributed by atoms with Crippen LogP contribution in [0.2, 0.25) is 0 Å². The van der Waals surface area contributed by atoms with Crippen molar-refractivity contribution in [1.29, 1.82) is 0 Å². The first-order valence-electron chi connectivity index (χ1n) is 19.5. The average molecular weight is 716 g/mol. The molecule has 1 nitrogen and oxygen atoms in total. The van der Waals surface area contributed by atoms with Crippen LogP contribution in [0.3, 0.4) is 0 Å². The highest BCUT2D eigenvalue weighted by molar-refractivity contribution is 5.92. The van der Waals surface area contributed by atoms with Crippen LogP contribution < -0.4 is 4.90 Å². The maximum atomic E-state index is 2.43. The third-order valence-corrected chi connectivity index (χ3v) is 11.7. The van der Waals surface area contributed by atoms with Gasteiger partial charge < -0.3 is 4.90 Å². The summed E-state index contributed by atoms with van der Waals surface area (Å²) < 4.78 is 0. The molecule has 56 heavy (non-hydrogen) atoms. The van der Waals surface area contributed by atoms with Gasteiger partial charge in [0.15, 0.2) is 0 Å². The Labute approximate surface area is 329 Å². The van der Waals surface area contributed by atoms with Crippen molar-refractivity contribution in [3.63, 3.8) is 0 Å². The van der Waals surface area contributed by atoms with E-state index in [9.17, 15) is 0 Å². The van der Waals surface area contributed by atoms with Gasteiger partial charge in [-0.2, -0.15) is 0 Å². The molecule has 10 rings (SSSR count). The lowest BCUT2D eigenvalue weighted by atomic mass is 9.81. The molecule has 0 bridgehead atoms. The van der Waals surface area contributed by atoms with E-state index in [0.29, 0.717) is 0 Å². The smallest absolute Gasteiger partial charge is 0.0540 e. The largest absolute Gasteiger partial charge is 0.310 e. The van der Waals surface area contributed by atoms with Crippen molar-refractivity contribution in [2.75, 3.05) is 4.90 Å². The van der Waals surface area contributed by atoms with Crippen molar-refractivity contribution in [3.05, 3.63) is 223 Å². The normalized spacial score (nSPS) is 12.6. The second kappa shape index (κ2) is 13.7. The van der Waals surface area contributed by atoms with E-state index in [2.05, 4.69) is 231 Å². The lowest BCUT2D eigenvalue weighted by Crippen LogP contribution is -2.17. The summed E-state index contributed by atoms with van der Waals surface area (Å²) in [7, 11) is 0. The topological polar surface area (TPSA) is 3.24 Å². The average Bonchev–Trinajstić information content (AvgIpc) is 3.49. The van der Waals surface area contributed by atoms with E-state index in [1.54, 1.807) is 0 Å². The molecule has 1 aliphatic carbocycles. The summed E-state index contributed by atoms with van der Waals surface area (Å²) in [6.45, 7) is 4.76. The Kier molecular flexibility index (Phi) is 8.23. The van der Waals surface area contributed by atoms with Crippen molar-refractivity contribution in [3.8, 4) is 55.6 Å². The van der Waals surface area contributed by atoms with Crippen LogP contribution in [0.1, 0.15) is 25.0 Å². The van der Waals surface area contributed by atoms with E-state index in [0.717, 1.165) is 17.1 Å². The second-order valence-corrected chi connectivity index (χ2v) is 15.4. The first-order chi connectivity index (χ1) is 27.5. The first-order valence-corrected chi connectivity index (χ1v) is 19.5. The maximum Gasteiger partial charge on any atom is 0.0540 e. The van der Waals surface area contributed by atoms with Gasteiger partial charge in [-0.05, 0) is 114 Å². The summed E-state index contributed by atoms with van der Waals surface area (Å²) in [6.07, 6.45) is 0. The first kappa shape index (κ1) is 33.6. The number of para-hydroxylation sites is 1. The number of rotatable bonds is 7. The lowest BCUT2D eigenvalue weighted by molar-refractivity contribution is 0.660. The quantitative estimate of drug-likeness (QED) is 0.159. The standard InChI is InChI=1S/C55H41N/c1-55(2)52-36-46(45-26-25-39-15-9-10-18-44(39)35-45)29-33-50(52)51-34-32-48(37-53(51)55)56(54-20-12-11-19-49(54)43-16-7-4-8-17-43)47-30-27-42(28-31-47)41-23-21-40(22-24-41)38-13-5-3-6-14-38/h3-37H,1-2H3. The molecule has 0 saturated carbocycles. The molecular weight excluding hydrogens is 675 g/mol. The van der Waals surface area contributed by atoms with Gasteiger partial charge in [-0.15, -0.1) is 0 Å². The molecular formula is C55H41N. The molecule has 0 unspecified atom stereocenters. The molecule has 0 heterocycles. The Morgan fingerprint density at radius 1 is 0.304 bits per heavy atom. The van der Waals surface area contributed by atoms with E-state index >= 15 is 0 Å². The molecule has 0 fully saturated rings. The summed E-state index contributed by atoms with van der Waals surface area (Å²) >= 11 is 0. The highest BCUT2D eigenvalue weighted by Gasteiger charge is 2.36. The van der Waals surface area contributed by atoms with Crippen LogP contribution in [0.15, 0.2) is 212 Å². The Bertz CT molecular complexity index is 2850. The molecule has 9 aromatic carbocycles. The Morgan fingerprint density at radius 2 is 0.768 bits per heavy atom. The number of anilines is 3. The van der Waals surface area contributed by atoms with Crippen LogP contribution in [0, 0.1) is 0 Å². The predicted octanol–water partition coefficient (Wildman–Crippen LogP) is 15.3. The van der Waals surface area contributed by atoms with E-state index in [1.165, 1.54) is 77.5 Å². The van der Waals surface area contributed by atoms with Gasteiger partial charge in [0.05, 0.1) is 5.69 Å². The maximum absolute atomic E-state index is 2.43. The zero-order valence-corrected chi connectivity index (χ0v) is 31.7. The van der Waals surface area contributed by atoms with Crippen LogP contribution in [-0.2, 0) is 5.41 Å². The third-order valence-electron chi connectivity index (χ3n) is 11.7. The van der Waals surface area contributed by atoms with Crippen LogP contribution in [0.25, 0.3) is 66.4 Å². The molecule has 0 spiro atoms. The summed E-state index contributed by atoms with van der Waals surface area (Å²) in [5.74, 6) is 0. The fourth-order valence-electron chi connectivity index (χ4n) is 8.66. The highest BCUT2D eigenvalue weighted by Crippen LogP contribution is 2.52. The van der Waals surface area contributed by atoms with Crippen molar-refractivity contribution in [2.24, 2.45) is 0 Å². The van der Waals surface area contributed by atoms with Crippen LogP contribution in [0.4, 0.5) is 17.1 Å². The van der Waals surface area contributed by atoms with Crippen molar-refractivity contribution < 1.29 is 0 Å². The van der Waals surface area contributed by atoms with E-state index in [-0.39, 0.29) is 5.41 Å². The number of benzene rings is 9. The second-order valence-electron chi connectivity index (χ2n) is 15.4. The van der Waals surface area contributed by atoms with Gasteiger partial charge in [0.25, 0.3) is 0 Å². The Morgan fingerprint density at radius 3 is 1.46 bits per heavy atom. The Balaban J connectivity index is 1.05. The zero-order valence-electron chi connectivity index (χ0n) is 31.7. The molecule has 0 amide bonds. The molecule has 0 radical (unpaired) electrons. The van der Waals surface area contributed by atoms with Crippen LogP contribution >= 0.6 is 0 Å². The summed E-state index contributed by atoms with van der Waals surface area (Å²) in [5, 5.41) is 2.53. The molecule has 0 atom stereocenters. The fraction of sp³-hybridized carbons (Fsp3) is 0.0545. The molecule has 0 N–H and O–H groups in total. The van der Waals surface area contributed by atoms with Crippen molar-refractivity contribution in [1.82, 2.24) is 0 Å². The van der Waals surface area contributed by atoms with Gasteiger partial charge in [-0.3, -0.25) is 0 Å². The fourth-order valence-corrected chi connectivity index (χ4v) is 8.66. The number of hydrogen-bond donors (Lipinski definition) is 0. The predicted molar refractivity (Wildman–Crippen MR) is 238 cm³/mol. The van der Waals surface area contributed by atoms with Crippen LogP contribution in [-0.4, -0.2) is 0 Å². The van der Waals surface area contributed by atoms with Gasteiger partial charge in [0.1, 0.15) is 0 Å². The van der Waals surface area contributed by atoms with Crippen molar-refractivity contribution >= 4 is 27.8 Å². The monoisotopic (exact) mass is 715 g/mol. The zero-order chi connectivity index (χ0) is 37.6. The highest BCUT2D eigenvalue weighted by atomic mass is 15.1. The van der Waals surface area contributed by atoms with Crippen LogP contribution in [0.5, 0.6) is 0 Å². The molecule has 266 valence electrons. The Hall–Kier alpha value is -6.96. The summed E-state index contributed by atoms with van der Waals surface area (Å²) in [6, 6.07) is 77.6.